The quantitative estimate of drug-likeness (QED) is 0.510. The van der Waals surface area contributed by atoms with Crippen LogP contribution in [0.2, 0.25) is 0 Å². The molecule has 3 aromatic heterocycles. The van der Waals surface area contributed by atoms with Gasteiger partial charge in [-0.25, -0.2) is 14.1 Å². The molecule has 31 heavy (non-hydrogen) atoms. The lowest BCUT2D eigenvalue weighted by molar-refractivity contribution is 0.583. The summed E-state index contributed by atoms with van der Waals surface area (Å²) in [6, 6.07) is 5.17. The molecule has 0 aliphatic carbocycles. The summed E-state index contributed by atoms with van der Waals surface area (Å²) in [5, 5.41) is 15.9. The fourth-order valence-corrected chi connectivity index (χ4v) is 3.66. The Morgan fingerprint density at radius 1 is 1.10 bits per heavy atom. The minimum absolute atomic E-state index is 0. The molecular formula is C21H26FN9. The first kappa shape index (κ1) is 20.7. The molecule has 10 heteroatoms. The van der Waals surface area contributed by atoms with Crippen LogP contribution in [0.25, 0.3) is 11.0 Å². The van der Waals surface area contributed by atoms with Crippen molar-refractivity contribution in [3.8, 4) is 0 Å². The number of piperazine rings is 1. The van der Waals surface area contributed by atoms with Gasteiger partial charge in [0.2, 0.25) is 5.95 Å². The van der Waals surface area contributed by atoms with Gasteiger partial charge in [-0.1, -0.05) is 7.43 Å². The van der Waals surface area contributed by atoms with Gasteiger partial charge in [0.1, 0.15) is 5.82 Å². The van der Waals surface area contributed by atoms with Crippen molar-refractivity contribution in [1.29, 1.82) is 0 Å². The van der Waals surface area contributed by atoms with E-state index in [1.54, 1.807) is 40.1 Å². The molecule has 4 aromatic rings. The summed E-state index contributed by atoms with van der Waals surface area (Å²) in [6.07, 6.45) is 6.99. The molecule has 162 valence electrons. The topological polar surface area (TPSA) is 88.7 Å². The molecule has 0 saturated carbocycles. The van der Waals surface area contributed by atoms with E-state index in [1.165, 1.54) is 0 Å². The van der Waals surface area contributed by atoms with Crippen LogP contribution in [-0.2, 0) is 13.6 Å². The van der Waals surface area contributed by atoms with Crippen LogP contribution >= 0.6 is 0 Å². The molecular weight excluding hydrogens is 397 g/mol. The van der Waals surface area contributed by atoms with Gasteiger partial charge >= 0.3 is 0 Å². The Morgan fingerprint density at radius 2 is 1.94 bits per heavy atom. The zero-order valence-corrected chi connectivity index (χ0v) is 16.6. The predicted molar refractivity (Wildman–Crippen MR) is 119 cm³/mol. The number of fused-ring (bicyclic) bond motifs is 1. The van der Waals surface area contributed by atoms with Crippen LogP contribution < -0.4 is 15.5 Å². The molecule has 0 spiro atoms. The second kappa shape index (κ2) is 8.68. The molecule has 2 N–H and O–H groups in total. The van der Waals surface area contributed by atoms with E-state index in [-0.39, 0.29) is 13.2 Å². The SMILES string of the molecule is C.Cn1cc(Nc2ncc3cnn(Cc4cc(F)cc(N5CCNCC5)c4)c3n2)cn1. The van der Waals surface area contributed by atoms with Crippen LogP contribution in [0.5, 0.6) is 0 Å². The zero-order chi connectivity index (χ0) is 20.5. The van der Waals surface area contributed by atoms with E-state index in [0.717, 1.165) is 48.5 Å². The second-order valence-electron chi connectivity index (χ2n) is 7.36. The number of aryl methyl sites for hydroxylation is 1. The third kappa shape index (κ3) is 4.48. The van der Waals surface area contributed by atoms with Crippen LogP contribution in [0, 0.1) is 5.82 Å². The fourth-order valence-electron chi connectivity index (χ4n) is 3.66. The zero-order valence-electron chi connectivity index (χ0n) is 16.6. The van der Waals surface area contributed by atoms with Gasteiger partial charge in [0, 0.05) is 51.3 Å². The minimum Gasteiger partial charge on any atom is -0.369 e. The van der Waals surface area contributed by atoms with Crippen molar-refractivity contribution in [2.45, 2.75) is 14.0 Å². The summed E-state index contributed by atoms with van der Waals surface area (Å²) in [7, 11) is 1.85. The lowest BCUT2D eigenvalue weighted by Gasteiger charge is -2.29. The van der Waals surface area contributed by atoms with E-state index in [4.69, 9.17) is 0 Å². The molecule has 1 aliphatic heterocycles. The lowest BCUT2D eigenvalue weighted by Crippen LogP contribution is -2.43. The number of rotatable bonds is 5. The molecule has 0 atom stereocenters. The molecule has 0 amide bonds. The third-order valence-corrected chi connectivity index (χ3v) is 5.09. The van der Waals surface area contributed by atoms with E-state index in [9.17, 15) is 4.39 Å². The monoisotopic (exact) mass is 423 g/mol. The number of hydrogen-bond donors (Lipinski definition) is 2. The highest BCUT2D eigenvalue weighted by Gasteiger charge is 2.14. The molecule has 1 fully saturated rings. The first-order valence-electron chi connectivity index (χ1n) is 9.83. The molecule has 1 aromatic carbocycles. The van der Waals surface area contributed by atoms with Gasteiger partial charge in [-0.15, -0.1) is 0 Å². The van der Waals surface area contributed by atoms with Gasteiger partial charge in [-0.3, -0.25) is 4.68 Å². The van der Waals surface area contributed by atoms with E-state index < -0.39 is 0 Å². The Labute approximate surface area is 179 Å². The largest absolute Gasteiger partial charge is 0.369 e. The van der Waals surface area contributed by atoms with Crippen molar-refractivity contribution >= 4 is 28.4 Å². The van der Waals surface area contributed by atoms with Gasteiger partial charge in [0.05, 0.1) is 30.0 Å². The molecule has 5 rings (SSSR count). The van der Waals surface area contributed by atoms with Crippen molar-refractivity contribution in [2.24, 2.45) is 7.05 Å². The van der Waals surface area contributed by atoms with Crippen LogP contribution in [0.1, 0.15) is 13.0 Å². The number of anilines is 3. The molecule has 0 bridgehead atoms. The predicted octanol–water partition coefficient (Wildman–Crippen LogP) is 2.54. The van der Waals surface area contributed by atoms with E-state index in [2.05, 4.69) is 35.7 Å². The van der Waals surface area contributed by atoms with Gasteiger partial charge < -0.3 is 15.5 Å². The van der Waals surface area contributed by atoms with Crippen molar-refractivity contribution in [3.63, 3.8) is 0 Å². The first-order valence-corrected chi connectivity index (χ1v) is 9.83. The number of nitrogens with zero attached hydrogens (tertiary/aromatic N) is 7. The third-order valence-electron chi connectivity index (χ3n) is 5.09. The maximum Gasteiger partial charge on any atom is 0.229 e. The molecule has 0 unspecified atom stereocenters. The fraction of sp³-hybridized carbons (Fsp3) is 0.333. The second-order valence-corrected chi connectivity index (χ2v) is 7.36. The molecule has 9 nitrogen and oxygen atoms in total. The summed E-state index contributed by atoms with van der Waals surface area (Å²) < 4.78 is 17.8. The summed E-state index contributed by atoms with van der Waals surface area (Å²) in [5.41, 5.74) is 3.23. The number of halogens is 1. The van der Waals surface area contributed by atoms with Gasteiger partial charge in [-0.05, 0) is 23.8 Å². The average molecular weight is 424 g/mol. The highest BCUT2D eigenvalue weighted by molar-refractivity contribution is 5.75. The van der Waals surface area contributed by atoms with Crippen molar-refractivity contribution in [2.75, 3.05) is 36.4 Å². The van der Waals surface area contributed by atoms with Gasteiger partial charge in [-0.2, -0.15) is 15.2 Å². The summed E-state index contributed by atoms with van der Waals surface area (Å²) in [4.78, 5) is 11.1. The van der Waals surface area contributed by atoms with Gasteiger partial charge in [0.25, 0.3) is 0 Å². The molecule has 0 radical (unpaired) electrons. The maximum atomic E-state index is 14.3. The standard InChI is InChI=1S/C20H22FN9.CH4/c1-28-13-17(11-24-28)26-20-23-9-15-10-25-30(19(15)27-20)12-14-6-16(21)8-18(7-14)29-4-2-22-3-5-29;/h6-11,13,22H,2-5,12H2,1H3,(H,23,26,27);1H4. The molecule has 1 saturated heterocycles. The number of aromatic nitrogens is 6. The number of hydrogen-bond acceptors (Lipinski definition) is 7. The Balaban J connectivity index is 0.00000231. The van der Waals surface area contributed by atoms with Gasteiger partial charge in [0.15, 0.2) is 5.65 Å². The smallest absolute Gasteiger partial charge is 0.229 e. The normalized spacial score (nSPS) is 13.9. The lowest BCUT2D eigenvalue weighted by atomic mass is 10.1. The number of benzene rings is 1. The van der Waals surface area contributed by atoms with Crippen LogP contribution in [-0.4, -0.2) is 55.7 Å². The average Bonchev–Trinajstić information content (AvgIpc) is 3.34. The summed E-state index contributed by atoms with van der Waals surface area (Å²) in [6.45, 7) is 3.95. The number of nitrogens with one attached hydrogen (secondary N) is 2. The summed E-state index contributed by atoms with van der Waals surface area (Å²) >= 11 is 0. The Hall–Kier alpha value is -3.53. The van der Waals surface area contributed by atoms with Crippen LogP contribution in [0.3, 0.4) is 0 Å². The maximum absolute atomic E-state index is 14.3. The highest BCUT2D eigenvalue weighted by atomic mass is 19.1. The Morgan fingerprint density at radius 3 is 2.71 bits per heavy atom. The van der Waals surface area contributed by atoms with Crippen LogP contribution in [0.4, 0.5) is 21.7 Å². The minimum atomic E-state index is -0.244. The molecule has 1 aliphatic rings. The van der Waals surface area contributed by atoms with Crippen molar-refractivity contribution < 1.29 is 4.39 Å². The summed E-state index contributed by atoms with van der Waals surface area (Å²) in [5.74, 6) is 0.212. The Bertz CT molecular complexity index is 1180. The van der Waals surface area contributed by atoms with E-state index >= 15 is 0 Å². The Kier molecular flexibility index (Phi) is 5.81. The van der Waals surface area contributed by atoms with Crippen molar-refractivity contribution in [3.05, 3.63) is 54.4 Å². The highest BCUT2D eigenvalue weighted by Crippen LogP contribution is 2.22. The molecule has 4 heterocycles. The van der Waals surface area contributed by atoms with Crippen molar-refractivity contribution in [1.82, 2.24) is 34.8 Å². The van der Waals surface area contributed by atoms with E-state index in [0.29, 0.717) is 18.1 Å². The first-order chi connectivity index (χ1) is 14.6. The van der Waals surface area contributed by atoms with E-state index in [1.807, 2.05) is 19.3 Å². The van der Waals surface area contributed by atoms with Crippen LogP contribution in [0.15, 0.2) is 43.0 Å².